The lowest BCUT2D eigenvalue weighted by Crippen LogP contribution is -2.45. The second-order valence-electron chi connectivity index (χ2n) is 8.87. The van der Waals surface area contributed by atoms with E-state index in [0.29, 0.717) is 26.1 Å². The van der Waals surface area contributed by atoms with Gasteiger partial charge in [0.05, 0.1) is 12.2 Å². The Hall–Kier alpha value is -2.22. The molecule has 164 valence electrons. The zero-order valence-corrected chi connectivity index (χ0v) is 18.3. The van der Waals surface area contributed by atoms with Crippen molar-refractivity contribution in [2.45, 2.75) is 57.4 Å². The van der Waals surface area contributed by atoms with Crippen LogP contribution in [0.15, 0.2) is 0 Å². The summed E-state index contributed by atoms with van der Waals surface area (Å²) in [5.41, 5.74) is 2.38. The van der Waals surface area contributed by atoms with Crippen LogP contribution >= 0.6 is 0 Å². The van der Waals surface area contributed by atoms with E-state index < -0.39 is 0 Å². The molecule has 4 heterocycles. The van der Waals surface area contributed by atoms with Crippen molar-refractivity contribution >= 4 is 17.6 Å². The van der Waals surface area contributed by atoms with Crippen molar-refractivity contribution in [3.63, 3.8) is 0 Å². The summed E-state index contributed by atoms with van der Waals surface area (Å²) in [6.45, 7) is 4.28. The summed E-state index contributed by atoms with van der Waals surface area (Å²) in [7, 11) is 4.05. The van der Waals surface area contributed by atoms with Crippen LogP contribution in [0.4, 0.5) is 5.82 Å². The molecule has 0 atom stereocenters. The summed E-state index contributed by atoms with van der Waals surface area (Å²) in [5, 5.41) is 3.26. The normalized spacial score (nSPS) is 21.3. The molecule has 2 fully saturated rings. The van der Waals surface area contributed by atoms with Crippen LogP contribution < -0.4 is 5.32 Å². The molecule has 0 radical (unpaired) electrons. The van der Waals surface area contributed by atoms with E-state index in [-0.39, 0.29) is 24.3 Å². The maximum atomic E-state index is 12.8. The first kappa shape index (κ1) is 21.0. The van der Waals surface area contributed by atoms with Crippen LogP contribution in [0.25, 0.3) is 0 Å². The monoisotopic (exact) mass is 414 g/mol. The molecule has 0 unspecified atom stereocenters. The van der Waals surface area contributed by atoms with Crippen LogP contribution in [0.3, 0.4) is 0 Å². The zero-order valence-electron chi connectivity index (χ0n) is 18.3. The highest BCUT2D eigenvalue weighted by Crippen LogP contribution is 2.30. The van der Waals surface area contributed by atoms with Gasteiger partial charge in [-0.15, -0.1) is 0 Å². The van der Waals surface area contributed by atoms with Gasteiger partial charge in [-0.25, -0.2) is 9.97 Å². The summed E-state index contributed by atoms with van der Waals surface area (Å²) in [5.74, 6) is 2.35. The lowest BCUT2D eigenvalue weighted by Gasteiger charge is -2.33. The Labute approximate surface area is 179 Å². The predicted molar refractivity (Wildman–Crippen MR) is 115 cm³/mol. The van der Waals surface area contributed by atoms with Crippen LogP contribution in [0.2, 0.25) is 0 Å². The summed E-state index contributed by atoms with van der Waals surface area (Å²) in [6, 6.07) is 0. The van der Waals surface area contributed by atoms with Gasteiger partial charge in [-0.05, 0) is 32.7 Å². The van der Waals surface area contributed by atoms with Gasteiger partial charge in [0.1, 0.15) is 11.6 Å². The molecule has 2 amide bonds. The number of fused-ring (bicyclic) bond motifs is 1. The summed E-state index contributed by atoms with van der Waals surface area (Å²) >= 11 is 0. The number of likely N-dealkylation sites (tertiary alicyclic amines) is 2. The molecule has 1 N–H and O–H groups in total. The molecule has 8 heteroatoms. The number of carbonyl (C=O) groups excluding carboxylic acids is 2. The molecule has 0 saturated carbocycles. The Morgan fingerprint density at radius 1 is 1.07 bits per heavy atom. The van der Waals surface area contributed by atoms with Crippen molar-refractivity contribution in [2.24, 2.45) is 0 Å². The highest BCUT2D eigenvalue weighted by molar-refractivity contribution is 5.85. The average molecular weight is 415 g/mol. The lowest BCUT2D eigenvalue weighted by molar-refractivity contribution is -0.140. The van der Waals surface area contributed by atoms with Crippen LogP contribution in [0.5, 0.6) is 0 Å². The zero-order chi connectivity index (χ0) is 21.1. The fourth-order valence-electron chi connectivity index (χ4n) is 4.81. The van der Waals surface area contributed by atoms with Crippen LogP contribution in [-0.4, -0.2) is 83.3 Å². The minimum absolute atomic E-state index is 0.0778. The highest BCUT2D eigenvalue weighted by Gasteiger charge is 2.29. The van der Waals surface area contributed by atoms with Crippen molar-refractivity contribution in [1.29, 1.82) is 0 Å². The third-order valence-electron chi connectivity index (χ3n) is 6.72. The molecular formula is C22H34N6O2. The molecule has 3 aliphatic rings. The molecular weight excluding hydrogens is 380 g/mol. The topological polar surface area (TPSA) is 81.7 Å². The second kappa shape index (κ2) is 9.29. The van der Waals surface area contributed by atoms with Crippen molar-refractivity contribution < 1.29 is 9.59 Å². The van der Waals surface area contributed by atoms with E-state index in [2.05, 4.69) is 17.3 Å². The number of anilines is 1. The number of nitrogens with one attached hydrogen (secondary N) is 1. The van der Waals surface area contributed by atoms with Gasteiger partial charge in [-0.2, -0.15) is 0 Å². The number of aromatic nitrogens is 2. The minimum Gasteiger partial charge on any atom is -0.373 e. The molecule has 2 saturated heterocycles. The SMILES string of the molecule is CNc1nc(C2CCN(C(=O)CN3CCCCCC3=O)CC2)nc2c1CN(C)CC2. The molecule has 0 aromatic carbocycles. The fourth-order valence-corrected chi connectivity index (χ4v) is 4.81. The van der Waals surface area contributed by atoms with E-state index in [9.17, 15) is 9.59 Å². The van der Waals surface area contributed by atoms with E-state index in [1.165, 1.54) is 11.3 Å². The van der Waals surface area contributed by atoms with Gasteiger partial charge in [0.25, 0.3) is 0 Å². The van der Waals surface area contributed by atoms with Gasteiger partial charge in [-0.3, -0.25) is 9.59 Å². The van der Waals surface area contributed by atoms with Gasteiger partial charge in [-0.1, -0.05) is 6.42 Å². The maximum Gasteiger partial charge on any atom is 0.242 e. The number of hydrogen-bond donors (Lipinski definition) is 1. The number of carbonyl (C=O) groups is 2. The van der Waals surface area contributed by atoms with E-state index in [1.54, 1.807) is 4.90 Å². The first-order valence-electron chi connectivity index (χ1n) is 11.4. The lowest BCUT2D eigenvalue weighted by atomic mass is 9.95. The van der Waals surface area contributed by atoms with Gasteiger partial charge in [0.2, 0.25) is 11.8 Å². The minimum atomic E-state index is 0.0778. The molecule has 0 aliphatic carbocycles. The Bertz CT molecular complexity index is 773. The van der Waals surface area contributed by atoms with Gasteiger partial charge < -0.3 is 20.0 Å². The third-order valence-corrected chi connectivity index (χ3v) is 6.72. The molecule has 1 aromatic rings. The maximum absolute atomic E-state index is 12.8. The first-order valence-corrected chi connectivity index (χ1v) is 11.4. The van der Waals surface area contributed by atoms with Gasteiger partial charge in [0, 0.05) is 64.1 Å². The molecule has 30 heavy (non-hydrogen) atoms. The Balaban J connectivity index is 1.37. The molecule has 0 bridgehead atoms. The van der Waals surface area contributed by atoms with E-state index in [4.69, 9.17) is 9.97 Å². The summed E-state index contributed by atoms with van der Waals surface area (Å²) < 4.78 is 0. The molecule has 3 aliphatic heterocycles. The molecule has 8 nitrogen and oxygen atoms in total. The predicted octanol–water partition coefficient (Wildman–Crippen LogP) is 1.61. The number of piperidine rings is 1. The molecule has 0 spiro atoms. The Morgan fingerprint density at radius 3 is 2.63 bits per heavy atom. The highest BCUT2D eigenvalue weighted by atomic mass is 16.2. The largest absolute Gasteiger partial charge is 0.373 e. The van der Waals surface area contributed by atoms with Crippen LogP contribution in [0, 0.1) is 0 Å². The van der Waals surface area contributed by atoms with Crippen molar-refractivity contribution in [3.8, 4) is 0 Å². The standard InChI is InChI=1S/C22H34N6O2/c1-23-22-17-14-26(2)11-9-18(17)24-21(25-22)16-7-12-27(13-8-16)20(30)15-28-10-5-3-4-6-19(28)29/h16H,3-15H2,1-2H3,(H,23,24,25). The summed E-state index contributed by atoms with van der Waals surface area (Å²) in [4.78, 5) is 40.7. The molecule has 4 rings (SSSR count). The number of rotatable bonds is 4. The average Bonchev–Trinajstić information content (AvgIpc) is 2.97. The van der Waals surface area contributed by atoms with Gasteiger partial charge >= 0.3 is 0 Å². The van der Waals surface area contributed by atoms with Crippen LogP contribution in [-0.2, 0) is 22.6 Å². The van der Waals surface area contributed by atoms with E-state index >= 15 is 0 Å². The number of hydrogen-bond acceptors (Lipinski definition) is 6. The van der Waals surface area contributed by atoms with Crippen molar-refractivity contribution in [3.05, 3.63) is 17.1 Å². The van der Waals surface area contributed by atoms with E-state index in [1.807, 2.05) is 11.9 Å². The fraction of sp³-hybridized carbons (Fsp3) is 0.727. The number of likely N-dealkylation sites (N-methyl/N-ethyl adjacent to an activating group) is 1. The Morgan fingerprint density at radius 2 is 1.87 bits per heavy atom. The first-order chi connectivity index (χ1) is 14.5. The smallest absolute Gasteiger partial charge is 0.242 e. The van der Waals surface area contributed by atoms with E-state index in [0.717, 1.165) is 63.3 Å². The van der Waals surface area contributed by atoms with Gasteiger partial charge in [0.15, 0.2) is 0 Å². The van der Waals surface area contributed by atoms with Crippen molar-refractivity contribution in [2.75, 3.05) is 52.1 Å². The third kappa shape index (κ3) is 4.58. The number of amides is 2. The van der Waals surface area contributed by atoms with Crippen molar-refractivity contribution in [1.82, 2.24) is 24.7 Å². The summed E-state index contributed by atoms with van der Waals surface area (Å²) in [6.07, 6.45) is 6.31. The Kier molecular flexibility index (Phi) is 6.51. The quantitative estimate of drug-likeness (QED) is 0.806. The number of nitrogens with zero attached hydrogens (tertiary/aromatic N) is 5. The molecule has 1 aromatic heterocycles. The van der Waals surface area contributed by atoms with Crippen LogP contribution in [0.1, 0.15) is 61.5 Å². The second-order valence-corrected chi connectivity index (χ2v) is 8.87.